The van der Waals surface area contributed by atoms with Crippen LogP contribution in [-0.4, -0.2) is 53.3 Å². The highest BCUT2D eigenvalue weighted by Gasteiger charge is 2.28. The minimum absolute atomic E-state index is 0.0275. The van der Waals surface area contributed by atoms with Crippen molar-refractivity contribution in [2.75, 3.05) is 6.61 Å². The Morgan fingerprint density at radius 2 is 1.62 bits per heavy atom. The van der Waals surface area contributed by atoms with Crippen molar-refractivity contribution in [3.63, 3.8) is 0 Å². The molecule has 0 radical (unpaired) electrons. The van der Waals surface area contributed by atoms with E-state index in [2.05, 4.69) is 10.6 Å². The number of benzene rings is 3. The third-order valence-corrected chi connectivity index (χ3v) is 6.93. The third-order valence-electron chi connectivity index (χ3n) is 6.93. The number of nitrogens with one attached hydrogen (secondary N) is 2. The molecule has 3 aromatic carbocycles. The zero-order valence-electron chi connectivity index (χ0n) is 22.1. The van der Waals surface area contributed by atoms with Crippen LogP contribution in [-0.2, 0) is 22.3 Å². The number of amides is 2. The summed E-state index contributed by atoms with van der Waals surface area (Å²) in [5.41, 5.74) is 2.73. The molecule has 0 aliphatic carbocycles. The van der Waals surface area contributed by atoms with Crippen LogP contribution in [0, 0.1) is 6.92 Å². The Bertz CT molecular complexity index is 1210. The molecule has 4 rings (SSSR count). The van der Waals surface area contributed by atoms with Crippen molar-refractivity contribution in [1.82, 2.24) is 10.6 Å². The van der Waals surface area contributed by atoms with Crippen LogP contribution in [0.15, 0.2) is 78.9 Å². The summed E-state index contributed by atoms with van der Waals surface area (Å²) >= 11 is 0. The zero-order chi connectivity index (χ0) is 27.6. The van der Waals surface area contributed by atoms with E-state index in [9.17, 15) is 19.8 Å². The molecule has 0 aromatic heterocycles. The van der Waals surface area contributed by atoms with Crippen LogP contribution >= 0.6 is 0 Å². The number of ether oxygens (including phenoxy) is 2. The van der Waals surface area contributed by atoms with Crippen molar-refractivity contribution in [2.45, 2.75) is 63.5 Å². The monoisotopic (exact) mass is 532 g/mol. The van der Waals surface area contributed by atoms with Crippen LogP contribution in [0.5, 0.6) is 5.75 Å². The van der Waals surface area contributed by atoms with Crippen LogP contribution < -0.4 is 10.6 Å². The fraction of sp³-hybridized carbons (Fsp3) is 0.355. The Labute approximate surface area is 229 Å². The van der Waals surface area contributed by atoms with Gasteiger partial charge in [0, 0.05) is 23.6 Å². The fourth-order valence-electron chi connectivity index (χ4n) is 4.78. The molecule has 1 aliphatic rings. The van der Waals surface area contributed by atoms with Crippen LogP contribution in [0.2, 0.25) is 0 Å². The van der Waals surface area contributed by atoms with Crippen LogP contribution in [0.4, 0.5) is 4.79 Å². The zero-order valence-corrected chi connectivity index (χ0v) is 22.1. The average Bonchev–Trinajstić information content (AvgIpc) is 3.43. The van der Waals surface area contributed by atoms with Gasteiger partial charge in [0.1, 0.15) is 5.75 Å². The molecule has 4 unspecified atom stereocenters. The summed E-state index contributed by atoms with van der Waals surface area (Å²) in [6.45, 7) is 2.23. The van der Waals surface area contributed by atoms with Crippen molar-refractivity contribution >= 4 is 12.0 Å². The molecule has 8 heteroatoms. The molecular weight excluding hydrogens is 496 g/mol. The number of phenolic OH excluding ortho intramolecular Hbond substituents is 1. The Morgan fingerprint density at radius 3 is 2.26 bits per heavy atom. The second-order valence-corrected chi connectivity index (χ2v) is 9.90. The van der Waals surface area contributed by atoms with Gasteiger partial charge in [-0.05, 0) is 55.9 Å². The molecule has 8 nitrogen and oxygen atoms in total. The average molecular weight is 533 g/mol. The van der Waals surface area contributed by atoms with Crippen LogP contribution in [0.3, 0.4) is 0 Å². The number of alkyl carbamates (subject to hydrolysis) is 1. The van der Waals surface area contributed by atoms with E-state index < -0.39 is 36.5 Å². The smallest absolute Gasteiger partial charge is 0.409 e. The van der Waals surface area contributed by atoms with E-state index in [4.69, 9.17) is 9.47 Å². The second-order valence-electron chi connectivity index (χ2n) is 9.90. The van der Waals surface area contributed by atoms with Gasteiger partial charge in [-0.15, -0.1) is 0 Å². The van der Waals surface area contributed by atoms with E-state index in [-0.39, 0.29) is 12.2 Å². The van der Waals surface area contributed by atoms with Crippen LogP contribution in [0.1, 0.15) is 46.3 Å². The van der Waals surface area contributed by atoms with Crippen molar-refractivity contribution in [3.05, 3.63) is 101 Å². The summed E-state index contributed by atoms with van der Waals surface area (Å²) in [7, 11) is 0. The molecule has 4 N–H and O–H groups in total. The van der Waals surface area contributed by atoms with E-state index in [1.807, 2.05) is 60.7 Å². The van der Waals surface area contributed by atoms with Gasteiger partial charge in [-0.1, -0.05) is 66.7 Å². The predicted molar refractivity (Wildman–Crippen MR) is 147 cm³/mol. The number of carbonyl (C=O) groups is 2. The van der Waals surface area contributed by atoms with Gasteiger partial charge in [-0.3, -0.25) is 4.79 Å². The summed E-state index contributed by atoms with van der Waals surface area (Å²) in [6.07, 6.45) is 0.343. The predicted octanol–water partition coefficient (Wildman–Crippen LogP) is 4.27. The highest BCUT2D eigenvalue weighted by Crippen LogP contribution is 2.21. The number of aliphatic hydroxyl groups is 1. The van der Waals surface area contributed by atoms with Gasteiger partial charge in [0.2, 0.25) is 6.29 Å². The van der Waals surface area contributed by atoms with Gasteiger partial charge in [0.05, 0.1) is 18.8 Å². The van der Waals surface area contributed by atoms with E-state index >= 15 is 0 Å². The molecule has 4 atom stereocenters. The van der Waals surface area contributed by atoms with Crippen molar-refractivity contribution in [1.29, 1.82) is 0 Å². The van der Waals surface area contributed by atoms with E-state index in [1.54, 1.807) is 19.1 Å². The third kappa shape index (κ3) is 8.30. The number of aliphatic hydroxyl groups excluding tert-OH is 1. The molecule has 0 bridgehead atoms. The first-order chi connectivity index (χ1) is 18.9. The fourth-order valence-corrected chi connectivity index (χ4v) is 4.78. The second kappa shape index (κ2) is 13.8. The van der Waals surface area contributed by atoms with Gasteiger partial charge in [-0.2, -0.15) is 0 Å². The Balaban J connectivity index is 1.51. The van der Waals surface area contributed by atoms with Gasteiger partial charge in [0.25, 0.3) is 5.91 Å². The molecule has 206 valence electrons. The number of hydrogen-bond acceptors (Lipinski definition) is 6. The molecule has 0 saturated carbocycles. The summed E-state index contributed by atoms with van der Waals surface area (Å²) in [4.78, 5) is 25.9. The molecule has 0 spiro atoms. The molecule has 1 fully saturated rings. The molecular formula is C31H36N2O6. The maximum Gasteiger partial charge on any atom is 0.409 e. The number of carbonyl (C=O) groups excluding carboxylic acids is 2. The molecule has 1 heterocycles. The summed E-state index contributed by atoms with van der Waals surface area (Å²) < 4.78 is 10.8. The van der Waals surface area contributed by atoms with E-state index in [0.29, 0.717) is 37.0 Å². The number of rotatable bonds is 11. The van der Waals surface area contributed by atoms with Gasteiger partial charge in [0.15, 0.2) is 0 Å². The van der Waals surface area contributed by atoms with Gasteiger partial charge >= 0.3 is 6.09 Å². The van der Waals surface area contributed by atoms with Gasteiger partial charge < -0.3 is 30.3 Å². The highest BCUT2D eigenvalue weighted by molar-refractivity contribution is 5.96. The first-order valence-corrected chi connectivity index (χ1v) is 13.3. The Morgan fingerprint density at radius 1 is 0.949 bits per heavy atom. The van der Waals surface area contributed by atoms with E-state index in [0.717, 1.165) is 17.5 Å². The largest absolute Gasteiger partial charge is 0.508 e. The van der Waals surface area contributed by atoms with Crippen LogP contribution in [0.25, 0.3) is 0 Å². The summed E-state index contributed by atoms with van der Waals surface area (Å²) in [6, 6.07) is 22.9. The van der Waals surface area contributed by atoms with Gasteiger partial charge in [-0.25, -0.2) is 4.79 Å². The normalized spacial score (nSPS) is 17.1. The first kappa shape index (κ1) is 28.1. The Kier molecular flexibility index (Phi) is 9.94. The molecule has 39 heavy (non-hydrogen) atoms. The summed E-state index contributed by atoms with van der Waals surface area (Å²) in [5, 5.41) is 27.4. The number of aromatic hydroxyl groups is 1. The summed E-state index contributed by atoms with van der Waals surface area (Å²) in [5.74, 6) is -0.367. The minimum atomic E-state index is -0.997. The lowest BCUT2D eigenvalue weighted by Crippen LogP contribution is -2.49. The molecule has 2 amide bonds. The van der Waals surface area contributed by atoms with Crippen molar-refractivity contribution in [2.24, 2.45) is 0 Å². The minimum Gasteiger partial charge on any atom is -0.508 e. The number of hydrogen-bond donors (Lipinski definition) is 4. The molecule has 3 aromatic rings. The topological polar surface area (TPSA) is 117 Å². The highest BCUT2D eigenvalue weighted by atomic mass is 16.7. The number of phenols is 1. The maximum atomic E-state index is 13.2. The lowest BCUT2D eigenvalue weighted by atomic mass is 9.93. The SMILES string of the molecule is Cc1c(O)cccc1C(=O)NC(Cc1ccccc1)C(O)CC(Cc1ccccc1)NC(=O)OC1CCCO1. The lowest BCUT2D eigenvalue weighted by Gasteiger charge is -2.29. The maximum absolute atomic E-state index is 13.2. The molecule has 1 aliphatic heterocycles. The van der Waals surface area contributed by atoms with Crippen molar-refractivity contribution < 1.29 is 29.3 Å². The van der Waals surface area contributed by atoms with Crippen molar-refractivity contribution in [3.8, 4) is 5.75 Å². The Hall–Kier alpha value is -3.88. The standard InChI is InChI=1S/C31H36N2O6/c1-21-25(14-8-15-27(21)34)30(36)33-26(19-23-12-6-3-7-13-23)28(35)20-24(18-22-10-4-2-5-11-22)32-31(37)39-29-16-9-17-38-29/h2-8,10-15,24,26,28-29,34-35H,9,16-20H2,1H3,(H,32,37)(H,33,36). The first-order valence-electron chi connectivity index (χ1n) is 13.3. The lowest BCUT2D eigenvalue weighted by molar-refractivity contribution is -0.0688. The quantitative estimate of drug-likeness (QED) is 0.293. The molecule has 1 saturated heterocycles. The van der Waals surface area contributed by atoms with E-state index in [1.165, 1.54) is 6.07 Å².